The Kier molecular flexibility index (Phi) is 6.02. The predicted molar refractivity (Wildman–Crippen MR) is 118 cm³/mol. The van der Waals surface area contributed by atoms with Gasteiger partial charge in [-0.2, -0.15) is 0 Å². The highest BCUT2D eigenvalue weighted by molar-refractivity contribution is 6.06. The fourth-order valence-corrected chi connectivity index (χ4v) is 3.49. The van der Waals surface area contributed by atoms with Gasteiger partial charge in [-0.05, 0) is 64.1 Å². The molecule has 1 heterocycles. The Morgan fingerprint density at radius 3 is 2.00 bits per heavy atom. The summed E-state index contributed by atoms with van der Waals surface area (Å²) in [6, 6.07) is 18.1. The maximum absolute atomic E-state index is 12.8. The Balaban J connectivity index is 1.69. The summed E-state index contributed by atoms with van der Waals surface area (Å²) in [5.74, 6) is -0.170. The van der Waals surface area contributed by atoms with Crippen LogP contribution in [-0.2, 0) is 0 Å². The first-order chi connectivity index (χ1) is 13.8. The molecule has 6 heteroatoms. The molecule has 3 aromatic rings. The third kappa shape index (κ3) is 4.85. The Bertz CT molecular complexity index is 1020. The van der Waals surface area contributed by atoms with Crippen molar-refractivity contribution in [2.45, 2.75) is 33.7 Å². The number of aromatic nitrogens is 1. The topological polar surface area (TPSA) is 75.2 Å². The number of anilines is 3. The molecule has 2 aromatic carbocycles. The average Bonchev–Trinajstić information content (AvgIpc) is 2.97. The third-order valence-electron chi connectivity index (χ3n) is 4.66. The van der Waals surface area contributed by atoms with Crippen LogP contribution in [0.3, 0.4) is 0 Å². The van der Waals surface area contributed by atoms with E-state index in [0.717, 1.165) is 11.4 Å². The summed E-state index contributed by atoms with van der Waals surface area (Å²) in [5.41, 5.74) is 4.54. The minimum Gasteiger partial charge on any atom is -0.346 e. The van der Waals surface area contributed by atoms with Crippen molar-refractivity contribution in [1.29, 1.82) is 0 Å². The zero-order chi connectivity index (χ0) is 21.0. The molecule has 0 fully saturated rings. The molecule has 0 unspecified atom stereocenters. The molecule has 150 valence electrons. The summed E-state index contributed by atoms with van der Waals surface area (Å²) in [7, 11) is 0. The normalized spacial score (nSPS) is 10.7. The highest BCUT2D eigenvalue weighted by Crippen LogP contribution is 2.22. The monoisotopic (exact) mass is 390 g/mol. The molecular formula is C23H26N4O2. The number of nitrogens with one attached hydrogen (secondary N) is 3. The molecule has 6 nitrogen and oxygen atoms in total. The van der Waals surface area contributed by atoms with Crippen molar-refractivity contribution in [3.8, 4) is 0 Å². The van der Waals surface area contributed by atoms with Gasteiger partial charge in [0.05, 0.1) is 5.56 Å². The van der Waals surface area contributed by atoms with E-state index in [1.54, 1.807) is 24.3 Å². The van der Waals surface area contributed by atoms with Crippen LogP contribution in [0.1, 0.15) is 41.6 Å². The number of carbonyl (C=O) groups excluding carboxylic acids is 2. The van der Waals surface area contributed by atoms with Crippen LogP contribution in [0, 0.1) is 13.8 Å². The molecule has 3 rings (SSSR count). The summed E-state index contributed by atoms with van der Waals surface area (Å²) in [6.45, 7) is 8.14. The molecular weight excluding hydrogens is 364 g/mol. The summed E-state index contributed by atoms with van der Waals surface area (Å²) < 4.78 is 2.14. The minimum atomic E-state index is -0.347. The molecule has 0 aliphatic carbocycles. The summed E-state index contributed by atoms with van der Waals surface area (Å²) in [4.78, 5) is 24.9. The molecule has 0 aliphatic rings. The maximum Gasteiger partial charge on any atom is 0.323 e. The second-order valence-corrected chi connectivity index (χ2v) is 7.23. The van der Waals surface area contributed by atoms with Gasteiger partial charge in [0.2, 0.25) is 0 Å². The number of benzene rings is 2. The summed E-state index contributed by atoms with van der Waals surface area (Å²) in [5, 5.41) is 8.46. The molecule has 0 saturated carbocycles. The van der Waals surface area contributed by atoms with E-state index in [2.05, 4.69) is 34.4 Å². The molecule has 0 aliphatic heterocycles. The molecule has 3 amide bonds. The number of urea groups is 1. The lowest BCUT2D eigenvalue weighted by molar-refractivity contribution is 0.102. The van der Waals surface area contributed by atoms with E-state index < -0.39 is 0 Å². The van der Waals surface area contributed by atoms with Crippen LogP contribution in [0.5, 0.6) is 0 Å². The van der Waals surface area contributed by atoms with E-state index >= 15 is 0 Å². The van der Waals surface area contributed by atoms with E-state index in [-0.39, 0.29) is 18.0 Å². The number of hydrogen-bond acceptors (Lipinski definition) is 2. The van der Waals surface area contributed by atoms with Crippen molar-refractivity contribution in [3.05, 3.63) is 77.6 Å². The third-order valence-corrected chi connectivity index (χ3v) is 4.66. The van der Waals surface area contributed by atoms with Crippen molar-refractivity contribution in [2.24, 2.45) is 0 Å². The van der Waals surface area contributed by atoms with Crippen molar-refractivity contribution in [3.63, 3.8) is 0 Å². The van der Waals surface area contributed by atoms with Gasteiger partial charge in [-0.25, -0.2) is 4.79 Å². The number of rotatable bonds is 5. The van der Waals surface area contributed by atoms with E-state index in [0.29, 0.717) is 22.6 Å². The van der Waals surface area contributed by atoms with Gasteiger partial charge < -0.3 is 20.5 Å². The predicted octanol–water partition coefficient (Wildman–Crippen LogP) is 5.58. The highest BCUT2D eigenvalue weighted by Gasteiger charge is 2.17. The SMILES string of the molecule is Cc1cc(C(=O)Nc2cccc(NC(=O)Nc3ccccc3)c2)c(C)n1C(C)C. The molecule has 1 aromatic heterocycles. The number of carbonyl (C=O) groups is 2. The van der Waals surface area contributed by atoms with Crippen molar-refractivity contribution >= 4 is 29.0 Å². The van der Waals surface area contributed by atoms with E-state index in [9.17, 15) is 9.59 Å². The van der Waals surface area contributed by atoms with Gasteiger partial charge in [-0.3, -0.25) is 4.79 Å². The van der Waals surface area contributed by atoms with Crippen LogP contribution < -0.4 is 16.0 Å². The molecule has 0 saturated heterocycles. The number of amides is 3. The Labute approximate surface area is 170 Å². The Hall–Kier alpha value is -3.54. The molecule has 0 atom stereocenters. The van der Waals surface area contributed by atoms with Crippen molar-refractivity contribution in [2.75, 3.05) is 16.0 Å². The second kappa shape index (κ2) is 8.65. The lowest BCUT2D eigenvalue weighted by Gasteiger charge is -2.14. The molecule has 3 N–H and O–H groups in total. The first kappa shape index (κ1) is 20.2. The first-order valence-electron chi connectivity index (χ1n) is 9.58. The van der Waals surface area contributed by atoms with Gasteiger partial charge in [0.25, 0.3) is 5.91 Å². The largest absolute Gasteiger partial charge is 0.346 e. The van der Waals surface area contributed by atoms with Crippen molar-refractivity contribution < 1.29 is 9.59 Å². The van der Waals surface area contributed by atoms with Gasteiger partial charge in [-0.1, -0.05) is 24.3 Å². The first-order valence-corrected chi connectivity index (χ1v) is 9.58. The van der Waals surface area contributed by atoms with Crippen LogP contribution >= 0.6 is 0 Å². The van der Waals surface area contributed by atoms with Gasteiger partial charge >= 0.3 is 6.03 Å². The Morgan fingerprint density at radius 2 is 1.38 bits per heavy atom. The van der Waals surface area contributed by atoms with Crippen LogP contribution in [-0.4, -0.2) is 16.5 Å². The lowest BCUT2D eigenvalue weighted by atomic mass is 10.2. The average molecular weight is 390 g/mol. The highest BCUT2D eigenvalue weighted by atomic mass is 16.2. The zero-order valence-electron chi connectivity index (χ0n) is 17.1. The van der Waals surface area contributed by atoms with Gasteiger partial charge in [-0.15, -0.1) is 0 Å². The zero-order valence-corrected chi connectivity index (χ0v) is 17.1. The minimum absolute atomic E-state index is 0.170. The van der Waals surface area contributed by atoms with Crippen molar-refractivity contribution in [1.82, 2.24) is 4.57 Å². The van der Waals surface area contributed by atoms with Gasteiger partial charge in [0.1, 0.15) is 0 Å². The van der Waals surface area contributed by atoms with Crippen LogP contribution in [0.2, 0.25) is 0 Å². The molecule has 0 bridgehead atoms. The molecule has 0 radical (unpaired) electrons. The summed E-state index contributed by atoms with van der Waals surface area (Å²) in [6.07, 6.45) is 0. The maximum atomic E-state index is 12.8. The second-order valence-electron chi connectivity index (χ2n) is 7.23. The van der Waals surface area contributed by atoms with E-state index in [4.69, 9.17) is 0 Å². The van der Waals surface area contributed by atoms with Crippen LogP contribution in [0.15, 0.2) is 60.7 Å². The van der Waals surface area contributed by atoms with Crippen LogP contribution in [0.25, 0.3) is 0 Å². The number of para-hydroxylation sites is 1. The van der Waals surface area contributed by atoms with E-state index in [1.165, 1.54) is 0 Å². The van der Waals surface area contributed by atoms with Gasteiger partial charge in [0, 0.05) is 34.5 Å². The Morgan fingerprint density at radius 1 is 0.793 bits per heavy atom. The number of nitrogens with zero attached hydrogens (tertiary/aromatic N) is 1. The number of aryl methyl sites for hydroxylation is 1. The fraction of sp³-hybridized carbons (Fsp3) is 0.217. The van der Waals surface area contributed by atoms with Crippen LogP contribution in [0.4, 0.5) is 21.9 Å². The number of hydrogen-bond donors (Lipinski definition) is 3. The quantitative estimate of drug-likeness (QED) is 0.532. The summed E-state index contributed by atoms with van der Waals surface area (Å²) >= 11 is 0. The molecule has 29 heavy (non-hydrogen) atoms. The van der Waals surface area contributed by atoms with E-state index in [1.807, 2.05) is 50.2 Å². The smallest absolute Gasteiger partial charge is 0.323 e. The van der Waals surface area contributed by atoms with Gasteiger partial charge in [0.15, 0.2) is 0 Å². The lowest BCUT2D eigenvalue weighted by Crippen LogP contribution is -2.19. The standard InChI is InChI=1S/C23H26N4O2/c1-15(2)27-16(3)13-21(17(27)4)22(28)24-19-11-8-12-20(14-19)26-23(29)25-18-9-6-5-7-10-18/h5-15H,1-4H3,(H,24,28)(H2,25,26,29). The fourth-order valence-electron chi connectivity index (χ4n) is 3.49. The molecule has 0 spiro atoms.